The quantitative estimate of drug-likeness (QED) is 0.788. The molecule has 4 rings (SSSR count). The molecule has 8 heteroatoms. The first-order valence-corrected chi connectivity index (χ1v) is 7.89. The van der Waals surface area contributed by atoms with Crippen LogP contribution in [0.15, 0.2) is 41.5 Å². The van der Waals surface area contributed by atoms with Crippen LogP contribution < -0.4 is 5.69 Å². The molecule has 3 aromatic rings. The number of hydrogen-bond donors (Lipinski definition) is 1. The van der Waals surface area contributed by atoms with Crippen molar-refractivity contribution in [3.8, 4) is 11.3 Å². The number of fused-ring (bicyclic) bond motifs is 1. The van der Waals surface area contributed by atoms with Crippen molar-refractivity contribution in [2.24, 2.45) is 0 Å². The van der Waals surface area contributed by atoms with Crippen LogP contribution in [0.4, 0.5) is 8.78 Å². The summed E-state index contributed by atoms with van der Waals surface area (Å²) in [5.74, 6) is -1.05. The third-order valence-corrected chi connectivity index (χ3v) is 4.34. The van der Waals surface area contributed by atoms with Gasteiger partial charge < -0.3 is 9.84 Å². The zero-order chi connectivity index (χ0) is 17.6. The fraction of sp³-hybridized carbons (Fsp3) is 0.294. The third kappa shape index (κ3) is 2.73. The van der Waals surface area contributed by atoms with Crippen LogP contribution in [0.2, 0.25) is 0 Å². The Labute approximate surface area is 140 Å². The van der Waals surface area contributed by atoms with E-state index in [1.165, 1.54) is 35.0 Å². The summed E-state index contributed by atoms with van der Waals surface area (Å²) >= 11 is 0. The number of nitrogens with zero attached hydrogens (tertiary/aromatic N) is 3. The molecule has 1 aliphatic rings. The molecule has 0 spiro atoms. The van der Waals surface area contributed by atoms with Crippen LogP contribution in [-0.2, 0) is 4.74 Å². The molecule has 0 saturated carbocycles. The Morgan fingerprint density at radius 1 is 1.20 bits per heavy atom. The van der Waals surface area contributed by atoms with E-state index in [2.05, 4.69) is 4.98 Å². The molecule has 0 unspecified atom stereocenters. The van der Waals surface area contributed by atoms with Gasteiger partial charge in [0, 0.05) is 11.8 Å². The fourth-order valence-corrected chi connectivity index (χ4v) is 3.05. The van der Waals surface area contributed by atoms with Crippen LogP contribution in [0.25, 0.3) is 16.9 Å². The molecule has 1 N–H and O–H groups in total. The van der Waals surface area contributed by atoms with Crippen LogP contribution in [0.5, 0.6) is 0 Å². The van der Waals surface area contributed by atoms with Gasteiger partial charge in [-0.15, -0.1) is 0 Å². The minimum Gasteiger partial charge on any atom is -0.394 e. The average molecular weight is 347 g/mol. The standard InChI is InChI=1S/C17H15F2N3O3/c18-11-3-1-10(2-4-11)14-8-22-16(20-14)13(19)7-21(17(22)24)15-6-5-12(9-23)25-15/h1-4,7-8,12,15,23H,5-6,9H2/t12-,15+/m1/s1. The largest absolute Gasteiger partial charge is 0.394 e. The lowest BCUT2D eigenvalue weighted by Crippen LogP contribution is -2.30. The Morgan fingerprint density at radius 3 is 2.64 bits per heavy atom. The monoisotopic (exact) mass is 347 g/mol. The van der Waals surface area contributed by atoms with Crippen molar-refractivity contribution in [3.63, 3.8) is 0 Å². The molecule has 1 aromatic carbocycles. The van der Waals surface area contributed by atoms with E-state index in [0.29, 0.717) is 24.1 Å². The van der Waals surface area contributed by atoms with Crippen LogP contribution in [0.3, 0.4) is 0 Å². The minimum absolute atomic E-state index is 0.0997. The van der Waals surface area contributed by atoms with Crippen molar-refractivity contribution in [1.82, 2.24) is 14.0 Å². The maximum Gasteiger partial charge on any atom is 0.336 e. The second kappa shape index (κ2) is 6.05. The smallest absolute Gasteiger partial charge is 0.336 e. The second-order valence-corrected chi connectivity index (χ2v) is 5.97. The van der Waals surface area contributed by atoms with Crippen LogP contribution in [0.1, 0.15) is 19.1 Å². The molecule has 1 saturated heterocycles. The summed E-state index contributed by atoms with van der Waals surface area (Å²) in [6, 6.07) is 5.57. The lowest BCUT2D eigenvalue weighted by molar-refractivity contribution is -0.0251. The predicted molar refractivity (Wildman–Crippen MR) is 85.0 cm³/mol. The van der Waals surface area contributed by atoms with Gasteiger partial charge in [-0.3, -0.25) is 4.57 Å². The molecule has 0 amide bonds. The highest BCUT2D eigenvalue weighted by Crippen LogP contribution is 2.27. The van der Waals surface area contributed by atoms with Crippen molar-refractivity contribution >= 4 is 5.65 Å². The maximum absolute atomic E-state index is 14.4. The Morgan fingerprint density at radius 2 is 1.96 bits per heavy atom. The minimum atomic E-state index is -0.663. The van der Waals surface area contributed by atoms with Crippen LogP contribution in [-0.4, -0.2) is 31.8 Å². The van der Waals surface area contributed by atoms with Crippen molar-refractivity contribution in [2.75, 3.05) is 6.61 Å². The molecule has 0 radical (unpaired) electrons. The van der Waals surface area contributed by atoms with E-state index >= 15 is 0 Å². The number of aliphatic hydroxyl groups excluding tert-OH is 1. The van der Waals surface area contributed by atoms with Crippen LogP contribution >= 0.6 is 0 Å². The molecular weight excluding hydrogens is 332 g/mol. The highest BCUT2D eigenvalue weighted by Gasteiger charge is 2.28. The molecule has 3 heterocycles. The highest BCUT2D eigenvalue weighted by molar-refractivity contribution is 5.62. The molecular formula is C17H15F2N3O3. The molecule has 2 atom stereocenters. The number of aliphatic hydroxyl groups is 1. The van der Waals surface area contributed by atoms with Crippen molar-refractivity contribution in [3.05, 3.63) is 58.8 Å². The van der Waals surface area contributed by atoms with Gasteiger partial charge in [0.05, 0.1) is 24.6 Å². The number of imidazole rings is 1. The third-order valence-electron chi connectivity index (χ3n) is 4.34. The SMILES string of the molecule is O=c1n([C@@H]2CC[C@H](CO)O2)cc(F)c2nc(-c3ccc(F)cc3)cn12. The molecule has 1 aliphatic heterocycles. The van der Waals surface area contributed by atoms with Crippen molar-refractivity contribution in [2.45, 2.75) is 25.2 Å². The number of hydrogen-bond acceptors (Lipinski definition) is 4. The summed E-state index contributed by atoms with van der Waals surface area (Å²) < 4.78 is 35.3. The Kier molecular flexibility index (Phi) is 3.85. The van der Waals surface area contributed by atoms with E-state index in [4.69, 9.17) is 9.84 Å². The zero-order valence-electron chi connectivity index (χ0n) is 13.1. The van der Waals surface area contributed by atoms with Gasteiger partial charge in [-0.25, -0.2) is 23.0 Å². The van der Waals surface area contributed by atoms with Gasteiger partial charge in [0.2, 0.25) is 0 Å². The zero-order valence-corrected chi connectivity index (χ0v) is 13.1. The van der Waals surface area contributed by atoms with Crippen LogP contribution in [0, 0.1) is 11.6 Å². The van der Waals surface area contributed by atoms with E-state index in [-0.39, 0.29) is 18.4 Å². The van der Waals surface area contributed by atoms with Gasteiger partial charge in [-0.1, -0.05) is 0 Å². The normalized spacial score (nSPS) is 20.4. The van der Waals surface area contributed by atoms with Crippen molar-refractivity contribution < 1.29 is 18.6 Å². The summed E-state index contributed by atoms with van der Waals surface area (Å²) in [5.41, 5.74) is 0.361. The Bertz CT molecular complexity index is 981. The molecule has 6 nitrogen and oxygen atoms in total. The van der Waals surface area contributed by atoms with E-state index in [1.807, 2.05) is 0 Å². The van der Waals surface area contributed by atoms with E-state index in [9.17, 15) is 13.6 Å². The Hall–Kier alpha value is -2.58. The maximum atomic E-state index is 14.4. The van der Waals surface area contributed by atoms with Gasteiger partial charge in [-0.2, -0.15) is 0 Å². The predicted octanol–water partition coefficient (Wildman–Crippen LogP) is 2.11. The second-order valence-electron chi connectivity index (χ2n) is 5.97. The van der Waals surface area contributed by atoms with Crippen molar-refractivity contribution in [1.29, 1.82) is 0 Å². The van der Waals surface area contributed by atoms with Gasteiger partial charge in [0.15, 0.2) is 11.5 Å². The number of aromatic nitrogens is 3. The number of ether oxygens (including phenoxy) is 1. The molecule has 0 aliphatic carbocycles. The van der Waals surface area contributed by atoms with E-state index in [0.717, 1.165) is 10.6 Å². The first kappa shape index (κ1) is 15.9. The lowest BCUT2D eigenvalue weighted by atomic mass is 10.2. The van der Waals surface area contributed by atoms with Gasteiger partial charge in [0.25, 0.3) is 0 Å². The van der Waals surface area contributed by atoms with E-state index in [1.54, 1.807) is 0 Å². The molecule has 2 aromatic heterocycles. The van der Waals surface area contributed by atoms with Gasteiger partial charge in [-0.05, 0) is 37.1 Å². The summed E-state index contributed by atoms with van der Waals surface area (Å²) in [6.07, 6.45) is 2.62. The summed E-state index contributed by atoms with van der Waals surface area (Å²) in [7, 11) is 0. The molecule has 130 valence electrons. The lowest BCUT2D eigenvalue weighted by Gasteiger charge is -2.15. The highest BCUT2D eigenvalue weighted by atomic mass is 19.1. The fourth-order valence-electron chi connectivity index (χ4n) is 3.05. The first-order chi connectivity index (χ1) is 12.1. The van der Waals surface area contributed by atoms with Gasteiger partial charge >= 0.3 is 5.69 Å². The summed E-state index contributed by atoms with van der Waals surface area (Å²) in [6.45, 7) is -0.143. The first-order valence-electron chi connectivity index (χ1n) is 7.89. The van der Waals surface area contributed by atoms with Gasteiger partial charge in [0.1, 0.15) is 12.0 Å². The number of halogens is 2. The molecule has 0 bridgehead atoms. The topological polar surface area (TPSA) is 68.8 Å². The number of rotatable bonds is 3. The average Bonchev–Trinajstić information content (AvgIpc) is 3.26. The molecule has 25 heavy (non-hydrogen) atoms. The number of benzene rings is 1. The molecule has 1 fully saturated rings. The summed E-state index contributed by atoms with van der Waals surface area (Å²) in [5, 5.41) is 9.15. The Balaban J connectivity index is 1.80. The van der Waals surface area contributed by atoms with E-state index < -0.39 is 23.6 Å². The summed E-state index contributed by atoms with van der Waals surface area (Å²) in [4.78, 5) is 16.8.